The lowest BCUT2D eigenvalue weighted by molar-refractivity contribution is -0.138. The molecule has 0 aromatic rings. The summed E-state index contributed by atoms with van der Waals surface area (Å²) in [5.41, 5.74) is 0. The SMILES string of the molecule is CCN1C(=O)CC(NCCC(=O)NC)C1=O. The number of carbonyl (C=O) groups is 3. The Labute approximate surface area is 94.4 Å². The Hall–Kier alpha value is -1.43. The van der Waals surface area contributed by atoms with Crippen LogP contribution in [0.2, 0.25) is 0 Å². The van der Waals surface area contributed by atoms with Crippen molar-refractivity contribution >= 4 is 17.7 Å². The summed E-state index contributed by atoms with van der Waals surface area (Å²) in [6.07, 6.45) is 0.501. The maximum Gasteiger partial charge on any atom is 0.246 e. The summed E-state index contributed by atoms with van der Waals surface area (Å²) in [6.45, 7) is 2.58. The first-order valence-corrected chi connectivity index (χ1v) is 5.38. The molecule has 0 spiro atoms. The minimum Gasteiger partial charge on any atom is -0.359 e. The van der Waals surface area contributed by atoms with Gasteiger partial charge in [0.1, 0.15) is 0 Å². The highest BCUT2D eigenvalue weighted by Crippen LogP contribution is 2.12. The Bertz CT molecular complexity index is 304. The first-order valence-electron chi connectivity index (χ1n) is 5.38. The van der Waals surface area contributed by atoms with Crippen LogP contribution in [0.5, 0.6) is 0 Å². The Morgan fingerprint density at radius 3 is 2.69 bits per heavy atom. The summed E-state index contributed by atoms with van der Waals surface area (Å²) >= 11 is 0. The Morgan fingerprint density at radius 2 is 2.19 bits per heavy atom. The lowest BCUT2D eigenvalue weighted by Crippen LogP contribution is -2.39. The van der Waals surface area contributed by atoms with Crippen molar-refractivity contribution in [2.45, 2.75) is 25.8 Å². The minimum atomic E-state index is -0.461. The summed E-state index contributed by atoms with van der Waals surface area (Å²) in [4.78, 5) is 35.2. The van der Waals surface area contributed by atoms with E-state index in [-0.39, 0.29) is 24.1 Å². The molecule has 6 heteroatoms. The fourth-order valence-electron chi connectivity index (χ4n) is 1.66. The summed E-state index contributed by atoms with van der Waals surface area (Å²) in [5, 5.41) is 5.41. The Kier molecular flexibility index (Phi) is 4.42. The third-order valence-electron chi connectivity index (χ3n) is 2.58. The smallest absolute Gasteiger partial charge is 0.246 e. The number of carbonyl (C=O) groups excluding carboxylic acids is 3. The van der Waals surface area contributed by atoms with E-state index in [0.29, 0.717) is 19.5 Å². The molecule has 1 atom stereocenters. The molecule has 6 nitrogen and oxygen atoms in total. The highest BCUT2D eigenvalue weighted by atomic mass is 16.2. The van der Waals surface area contributed by atoms with Crippen molar-refractivity contribution in [1.29, 1.82) is 0 Å². The molecular formula is C10H17N3O3. The number of imide groups is 1. The second-order valence-electron chi connectivity index (χ2n) is 3.61. The molecule has 1 aliphatic rings. The molecule has 0 bridgehead atoms. The molecule has 0 aromatic carbocycles. The molecule has 16 heavy (non-hydrogen) atoms. The first kappa shape index (κ1) is 12.6. The number of nitrogens with one attached hydrogen (secondary N) is 2. The van der Waals surface area contributed by atoms with Gasteiger partial charge in [-0.3, -0.25) is 19.3 Å². The second kappa shape index (κ2) is 5.60. The number of nitrogens with zero attached hydrogens (tertiary/aromatic N) is 1. The Balaban J connectivity index is 2.37. The van der Waals surface area contributed by atoms with Crippen molar-refractivity contribution in [3.05, 3.63) is 0 Å². The van der Waals surface area contributed by atoms with Gasteiger partial charge in [0.15, 0.2) is 0 Å². The van der Waals surface area contributed by atoms with E-state index in [1.54, 1.807) is 14.0 Å². The van der Waals surface area contributed by atoms with E-state index in [1.165, 1.54) is 4.90 Å². The van der Waals surface area contributed by atoms with Gasteiger partial charge in [-0.25, -0.2) is 0 Å². The van der Waals surface area contributed by atoms with Gasteiger partial charge in [-0.05, 0) is 6.92 Å². The lowest BCUT2D eigenvalue weighted by atomic mass is 10.2. The molecule has 90 valence electrons. The van der Waals surface area contributed by atoms with Crippen LogP contribution in [-0.2, 0) is 14.4 Å². The van der Waals surface area contributed by atoms with E-state index < -0.39 is 6.04 Å². The van der Waals surface area contributed by atoms with Crippen LogP contribution in [0.15, 0.2) is 0 Å². The van der Waals surface area contributed by atoms with Gasteiger partial charge in [0, 0.05) is 26.6 Å². The fourth-order valence-corrected chi connectivity index (χ4v) is 1.66. The average molecular weight is 227 g/mol. The molecule has 1 aliphatic heterocycles. The largest absolute Gasteiger partial charge is 0.359 e. The fraction of sp³-hybridized carbons (Fsp3) is 0.700. The number of rotatable bonds is 5. The second-order valence-corrected chi connectivity index (χ2v) is 3.61. The van der Waals surface area contributed by atoms with E-state index in [2.05, 4.69) is 10.6 Å². The van der Waals surface area contributed by atoms with E-state index in [9.17, 15) is 14.4 Å². The van der Waals surface area contributed by atoms with Gasteiger partial charge in [-0.1, -0.05) is 0 Å². The van der Waals surface area contributed by atoms with Crippen LogP contribution < -0.4 is 10.6 Å². The van der Waals surface area contributed by atoms with Gasteiger partial charge in [0.2, 0.25) is 17.7 Å². The molecule has 1 rings (SSSR count). The monoisotopic (exact) mass is 227 g/mol. The highest BCUT2D eigenvalue weighted by Gasteiger charge is 2.36. The normalized spacial score (nSPS) is 20.4. The standard InChI is InChI=1S/C10H17N3O3/c1-3-13-9(15)6-7(10(13)16)12-5-4-8(14)11-2/h7,12H,3-6H2,1-2H3,(H,11,14). The third-order valence-corrected chi connectivity index (χ3v) is 2.58. The van der Waals surface area contributed by atoms with Crippen molar-refractivity contribution in [2.24, 2.45) is 0 Å². The molecule has 1 saturated heterocycles. The molecule has 1 fully saturated rings. The number of likely N-dealkylation sites (N-methyl/N-ethyl adjacent to an activating group) is 1. The zero-order chi connectivity index (χ0) is 12.1. The molecular weight excluding hydrogens is 210 g/mol. The molecule has 1 unspecified atom stereocenters. The number of hydrogen-bond donors (Lipinski definition) is 2. The van der Waals surface area contributed by atoms with Crippen LogP contribution in [0, 0.1) is 0 Å². The lowest BCUT2D eigenvalue weighted by Gasteiger charge is -2.12. The topological polar surface area (TPSA) is 78.5 Å². The molecule has 3 amide bonds. The molecule has 0 saturated carbocycles. The number of likely N-dealkylation sites (tertiary alicyclic amines) is 1. The molecule has 1 heterocycles. The Morgan fingerprint density at radius 1 is 1.50 bits per heavy atom. The maximum absolute atomic E-state index is 11.6. The van der Waals surface area contributed by atoms with Crippen LogP contribution in [-0.4, -0.2) is 48.8 Å². The van der Waals surface area contributed by atoms with Gasteiger partial charge < -0.3 is 10.6 Å². The average Bonchev–Trinajstić information content (AvgIpc) is 2.53. The zero-order valence-corrected chi connectivity index (χ0v) is 9.58. The molecule has 2 N–H and O–H groups in total. The van der Waals surface area contributed by atoms with Crippen LogP contribution in [0.25, 0.3) is 0 Å². The quantitative estimate of drug-likeness (QED) is 0.582. The van der Waals surface area contributed by atoms with Gasteiger partial charge in [-0.2, -0.15) is 0 Å². The van der Waals surface area contributed by atoms with Crippen molar-refractivity contribution < 1.29 is 14.4 Å². The molecule has 0 aliphatic carbocycles. The van der Waals surface area contributed by atoms with E-state index in [0.717, 1.165) is 0 Å². The summed E-state index contributed by atoms with van der Waals surface area (Å²) in [5.74, 6) is -0.425. The van der Waals surface area contributed by atoms with Crippen molar-refractivity contribution in [2.75, 3.05) is 20.1 Å². The first-order chi connectivity index (χ1) is 7.60. The predicted molar refractivity (Wildman–Crippen MR) is 57.5 cm³/mol. The van der Waals surface area contributed by atoms with E-state index >= 15 is 0 Å². The van der Waals surface area contributed by atoms with Crippen molar-refractivity contribution in [1.82, 2.24) is 15.5 Å². The van der Waals surface area contributed by atoms with Gasteiger partial charge in [-0.15, -0.1) is 0 Å². The van der Waals surface area contributed by atoms with Crippen molar-refractivity contribution in [3.8, 4) is 0 Å². The maximum atomic E-state index is 11.6. The number of hydrogen-bond acceptors (Lipinski definition) is 4. The summed E-state index contributed by atoms with van der Waals surface area (Å²) < 4.78 is 0. The summed E-state index contributed by atoms with van der Waals surface area (Å²) in [7, 11) is 1.56. The van der Waals surface area contributed by atoms with Gasteiger partial charge in [0.05, 0.1) is 12.5 Å². The minimum absolute atomic E-state index is 0.0865. The van der Waals surface area contributed by atoms with Gasteiger partial charge >= 0.3 is 0 Å². The van der Waals surface area contributed by atoms with E-state index in [1.807, 2.05) is 0 Å². The molecule has 0 aromatic heterocycles. The third kappa shape index (κ3) is 2.79. The summed E-state index contributed by atoms with van der Waals surface area (Å²) in [6, 6.07) is -0.461. The highest BCUT2D eigenvalue weighted by molar-refractivity contribution is 6.05. The zero-order valence-electron chi connectivity index (χ0n) is 9.58. The van der Waals surface area contributed by atoms with Crippen LogP contribution >= 0.6 is 0 Å². The number of amides is 3. The van der Waals surface area contributed by atoms with E-state index in [4.69, 9.17) is 0 Å². The predicted octanol–water partition coefficient (Wildman–Crippen LogP) is -1.14. The van der Waals surface area contributed by atoms with Crippen LogP contribution in [0.4, 0.5) is 0 Å². The van der Waals surface area contributed by atoms with Crippen molar-refractivity contribution in [3.63, 3.8) is 0 Å². The van der Waals surface area contributed by atoms with Gasteiger partial charge in [0.25, 0.3) is 0 Å². The van der Waals surface area contributed by atoms with Crippen LogP contribution in [0.1, 0.15) is 19.8 Å². The van der Waals surface area contributed by atoms with Crippen LogP contribution in [0.3, 0.4) is 0 Å². The molecule has 0 radical (unpaired) electrons.